The van der Waals surface area contributed by atoms with E-state index in [0.717, 1.165) is 0 Å². The molecule has 0 radical (unpaired) electrons. The molecule has 0 heterocycles. The second kappa shape index (κ2) is 16.7. The van der Waals surface area contributed by atoms with E-state index in [1.54, 1.807) is 26.8 Å². The van der Waals surface area contributed by atoms with Crippen molar-refractivity contribution in [2.45, 2.75) is 98.8 Å². The summed E-state index contributed by atoms with van der Waals surface area (Å²) in [6.07, 6.45) is -0.0505. The van der Waals surface area contributed by atoms with E-state index in [1.807, 2.05) is 27.7 Å². The van der Waals surface area contributed by atoms with Gasteiger partial charge < -0.3 is 29.4 Å². The Labute approximate surface area is 225 Å². The molecule has 0 aliphatic heterocycles. The summed E-state index contributed by atoms with van der Waals surface area (Å²) in [6, 6.07) is 3.61. The maximum absolute atomic E-state index is 12.4. The van der Waals surface area contributed by atoms with Crippen LogP contribution < -0.4 is 14.8 Å². The fourth-order valence-electron chi connectivity index (χ4n) is 3.22. The number of nitrogens with one attached hydrogen (secondary N) is 1. The number of aliphatic carboxylic acids is 1. The van der Waals surface area contributed by atoms with Crippen LogP contribution in [0.5, 0.6) is 11.5 Å². The summed E-state index contributed by atoms with van der Waals surface area (Å²) in [5, 5.41) is 12.6. The van der Waals surface area contributed by atoms with Crippen LogP contribution in [0, 0.1) is 11.8 Å². The first-order chi connectivity index (χ1) is 17.8. The van der Waals surface area contributed by atoms with Crippen molar-refractivity contribution in [3.05, 3.63) is 23.8 Å². The van der Waals surface area contributed by atoms with Gasteiger partial charge in [0.1, 0.15) is 12.1 Å². The Balaban J connectivity index is 2.98. The topological polar surface area (TPSA) is 137 Å². The minimum absolute atomic E-state index is 0.0383. The summed E-state index contributed by atoms with van der Waals surface area (Å²) in [6.45, 7) is 13.1. The number of carbonyl (C=O) groups excluding carboxylic acids is 3. The molecule has 2 N–H and O–H groups in total. The van der Waals surface area contributed by atoms with Crippen molar-refractivity contribution in [2.75, 3.05) is 6.54 Å². The molecule has 0 saturated carbocycles. The third kappa shape index (κ3) is 14.0. The van der Waals surface area contributed by atoms with Gasteiger partial charge in [0.25, 0.3) is 0 Å². The van der Waals surface area contributed by atoms with Crippen LogP contribution in [-0.4, -0.2) is 54.0 Å². The van der Waals surface area contributed by atoms with Gasteiger partial charge in [0, 0.05) is 19.4 Å². The zero-order valence-corrected chi connectivity index (χ0v) is 23.6. The van der Waals surface area contributed by atoms with Gasteiger partial charge in [-0.05, 0) is 69.6 Å². The highest BCUT2D eigenvalue weighted by Gasteiger charge is 2.22. The summed E-state index contributed by atoms with van der Waals surface area (Å²) in [7, 11) is 0. The number of carboxylic acid groups (broad SMARTS) is 1. The number of carboxylic acids is 1. The molecule has 0 spiro atoms. The minimum Gasteiger partial charge on any atom is -0.480 e. The highest BCUT2D eigenvalue weighted by molar-refractivity contribution is 5.77. The van der Waals surface area contributed by atoms with E-state index < -0.39 is 36.2 Å². The summed E-state index contributed by atoms with van der Waals surface area (Å²) >= 11 is 0. The van der Waals surface area contributed by atoms with Crippen LogP contribution in [0.3, 0.4) is 0 Å². The molecule has 1 aromatic carbocycles. The van der Waals surface area contributed by atoms with E-state index in [1.165, 1.54) is 12.1 Å². The van der Waals surface area contributed by atoms with Gasteiger partial charge >= 0.3 is 24.1 Å². The molecular formula is C28H43NO9. The fraction of sp³-hybridized carbons (Fsp3) is 0.643. The van der Waals surface area contributed by atoms with Crippen LogP contribution in [0.2, 0.25) is 0 Å². The highest BCUT2D eigenvalue weighted by atomic mass is 16.7. The number of esters is 2. The molecule has 214 valence electrons. The molecule has 2 atom stereocenters. The van der Waals surface area contributed by atoms with Gasteiger partial charge in [0.2, 0.25) is 0 Å². The molecule has 0 aromatic heterocycles. The summed E-state index contributed by atoms with van der Waals surface area (Å²) < 4.78 is 21.0. The van der Waals surface area contributed by atoms with Crippen molar-refractivity contribution in [3.8, 4) is 11.5 Å². The zero-order valence-electron chi connectivity index (χ0n) is 23.6. The monoisotopic (exact) mass is 537 g/mol. The Morgan fingerprint density at radius 1 is 0.816 bits per heavy atom. The maximum atomic E-state index is 12.4. The van der Waals surface area contributed by atoms with E-state index in [4.69, 9.17) is 18.9 Å². The lowest BCUT2D eigenvalue weighted by Crippen LogP contribution is -2.42. The lowest BCUT2D eigenvalue weighted by molar-refractivity contribution is -0.139. The quantitative estimate of drug-likeness (QED) is 0.221. The third-order valence-electron chi connectivity index (χ3n) is 5.33. The van der Waals surface area contributed by atoms with E-state index in [2.05, 4.69) is 5.32 Å². The van der Waals surface area contributed by atoms with Crippen molar-refractivity contribution in [3.63, 3.8) is 0 Å². The molecule has 0 amide bonds. The Hall–Kier alpha value is -3.14. The highest BCUT2D eigenvalue weighted by Crippen LogP contribution is 2.30. The normalized spacial score (nSPS) is 12.8. The predicted molar refractivity (Wildman–Crippen MR) is 141 cm³/mol. The molecule has 0 fully saturated rings. The number of ether oxygens (including phenoxy) is 4. The maximum Gasteiger partial charge on any atom is 0.508 e. The Kier molecular flexibility index (Phi) is 14.4. The van der Waals surface area contributed by atoms with Crippen LogP contribution in [0.25, 0.3) is 0 Å². The lowest BCUT2D eigenvalue weighted by atomic mass is 10.0. The molecule has 38 heavy (non-hydrogen) atoms. The average molecular weight is 538 g/mol. The first kappa shape index (κ1) is 32.9. The van der Waals surface area contributed by atoms with Crippen molar-refractivity contribution < 1.29 is 43.2 Å². The van der Waals surface area contributed by atoms with Gasteiger partial charge in [-0.15, -0.1) is 0 Å². The van der Waals surface area contributed by atoms with Crippen molar-refractivity contribution in [1.82, 2.24) is 5.32 Å². The molecule has 1 aromatic rings. The lowest BCUT2D eigenvalue weighted by Gasteiger charge is -2.19. The molecule has 1 rings (SSSR count). The largest absolute Gasteiger partial charge is 0.508 e. The van der Waals surface area contributed by atoms with E-state index >= 15 is 0 Å². The molecule has 0 bridgehead atoms. The first-order valence-electron chi connectivity index (χ1n) is 13.1. The molecule has 0 aliphatic rings. The van der Waals surface area contributed by atoms with Crippen LogP contribution in [0.15, 0.2) is 18.2 Å². The average Bonchev–Trinajstić information content (AvgIpc) is 2.79. The molecular weight excluding hydrogens is 494 g/mol. The van der Waals surface area contributed by atoms with Gasteiger partial charge in [-0.2, -0.15) is 0 Å². The van der Waals surface area contributed by atoms with Gasteiger partial charge in [-0.3, -0.25) is 14.4 Å². The van der Waals surface area contributed by atoms with Crippen LogP contribution in [0.4, 0.5) is 4.79 Å². The van der Waals surface area contributed by atoms with E-state index in [0.29, 0.717) is 30.2 Å². The van der Waals surface area contributed by atoms with Gasteiger partial charge in [-0.1, -0.05) is 33.8 Å². The van der Waals surface area contributed by atoms with Crippen LogP contribution >= 0.6 is 0 Å². The van der Waals surface area contributed by atoms with Crippen molar-refractivity contribution in [2.24, 2.45) is 11.8 Å². The van der Waals surface area contributed by atoms with Crippen LogP contribution in [0.1, 0.15) is 79.7 Å². The number of carbonyl (C=O) groups is 4. The smallest absolute Gasteiger partial charge is 0.480 e. The molecule has 1 unspecified atom stereocenters. The molecule has 0 saturated heterocycles. The van der Waals surface area contributed by atoms with Gasteiger partial charge in [0.05, 0.1) is 6.10 Å². The Bertz CT molecular complexity index is 927. The number of benzene rings is 1. The van der Waals surface area contributed by atoms with Crippen molar-refractivity contribution in [1.29, 1.82) is 0 Å². The summed E-state index contributed by atoms with van der Waals surface area (Å²) in [4.78, 5) is 48.3. The second-order valence-corrected chi connectivity index (χ2v) is 10.4. The van der Waals surface area contributed by atoms with Gasteiger partial charge in [-0.25, -0.2) is 4.79 Å². The Morgan fingerprint density at radius 2 is 1.37 bits per heavy atom. The predicted octanol–water partition coefficient (Wildman–Crippen LogP) is 4.91. The molecule has 10 heteroatoms. The van der Waals surface area contributed by atoms with Gasteiger partial charge in [0.15, 0.2) is 11.5 Å². The minimum atomic E-state index is -1.11. The zero-order chi connectivity index (χ0) is 28.8. The van der Waals surface area contributed by atoms with E-state index in [-0.39, 0.29) is 43.4 Å². The van der Waals surface area contributed by atoms with E-state index in [9.17, 15) is 24.3 Å². The number of hydrogen-bond acceptors (Lipinski definition) is 9. The first-order valence-corrected chi connectivity index (χ1v) is 13.1. The third-order valence-corrected chi connectivity index (χ3v) is 5.33. The SMILES string of the molecule is CC(C)CCC(=O)Oc1ccc(C[C@H](NCC(C)OC(=O)OC(C)C)C(=O)O)cc1OC(=O)CCC(C)C. The second-order valence-electron chi connectivity index (χ2n) is 10.4. The summed E-state index contributed by atoms with van der Waals surface area (Å²) in [5.41, 5.74) is 0.548. The fourth-order valence-corrected chi connectivity index (χ4v) is 3.22. The summed E-state index contributed by atoms with van der Waals surface area (Å²) in [5.74, 6) is -1.22. The Morgan fingerprint density at radius 3 is 1.87 bits per heavy atom. The number of rotatable bonds is 16. The van der Waals surface area contributed by atoms with Crippen molar-refractivity contribution >= 4 is 24.1 Å². The molecule has 10 nitrogen and oxygen atoms in total. The van der Waals surface area contributed by atoms with Crippen LogP contribution in [-0.2, 0) is 30.3 Å². The molecule has 0 aliphatic carbocycles. The standard InChI is InChI=1S/C28H43NO9/c1-17(2)8-12-25(30)37-23-11-10-21(15-24(23)38-26(31)13-9-18(3)4)14-22(27(32)33)29-16-20(7)36-28(34)35-19(5)6/h10-11,15,17-20,22,29H,8-9,12-14,16H2,1-7H3,(H,32,33)/t20?,22-/m0/s1. The number of hydrogen-bond donors (Lipinski definition) is 2.